The zero-order valence-corrected chi connectivity index (χ0v) is 20.0. The van der Waals surface area contributed by atoms with Crippen LogP contribution in [-0.2, 0) is 14.3 Å². The Morgan fingerprint density at radius 3 is 2.65 bits per heavy atom. The highest BCUT2D eigenvalue weighted by molar-refractivity contribution is 5.78. The molecular weight excluding hydrogens is 433 g/mol. The van der Waals surface area contributed by atoms with Gasteiger partial charge in [0.15, 0.2) is 0 Å². The van der Waals surface area contributed by atoms with Gasteiger partial charge >= 0.3 is 5.97 Å². The van der Waals surface area contributed by atoms with E-state index in [0.717, 1.165) is 36.1 Å². The molecule has 1 spiro atoms. The van der Waals surface area contributed by atoms with Gasteiger partial charge in [0.05, 0.1) is 36.5 Å². The zero-order valence-electron chi connectivity index (χ0n) is 20.0. The van der Waals surface area contributed by atoms with Gasteiger partial charge in [-0.25, -0.2) is 4.39 Å². The molecule has 1 saturated heterocycles. The number of epoxide rings is 1. The van der Waals surface area contributed by atoms with Gasteiger partial charge in [0.2, 0.25) is 0 Å². The van der Waals surface area contributed by atoms with E-state index < -0.39 is 11.5 Å². The number of nitrogens with zero attached hydrogens (tertiary/aromatic N) is 1. The lowest BCUT2D eigenvalue weighted by Gasteiger charge is -2.59. The fourth-order valence-corrected chi connectivity index (χ4v) is 6.83. The number of halogens is 1. The second-order valence-corrected chi connectivity index (χ2v) is 10.6. The fraction of sp³-hybridized carbons (Fsp3) is 0.500. The molecule has 34 heavy (non-hydrogen) atoms. The van der Waals surface area contributed by atoms with Crippen molar-refractivity contribution in [3.63, 3.8) is 0 Å². The Balaban J connectivity index is 1.44. The van der Waals surface area contributed by atoms with Crippen molar-refractivity contribution in [2.24, 2.45) is 22.7 Å². The van der Waals surface area contributed by atoms with E-state index in [4.69, 9.17) is 9.47 Å². The summed E-state index contributed by atoms with van der Waals surface area (Å²) in [5.74, 6) is -0.516. The van der Waals surface area contributed by atoms with E-state index in [9.17, 15) is 14.3 Å². The highest BCUT2D eigenvalue weighted by Gasteiger charge is 2.68. The summed E-state index contributed by atoms with van der Waals surface area (Å²) in [5, 5.41) is 10.9. The average molecular weight is 466 g/mol. The summed E-state index contributed by atoms with van der Waals surface area (Å²) < 4.78 is 24.8. The molecule has 180 valence electrons. The van der Waals surface area contributed by atoms with Crippen LogP contribution in [0.3, 0.4) is 0 Å². The number of aliphatic hydroxyl groups is 1. The molecule has 1 unspecified atom stereocenters. The van der Waals surface area contributed by atoms with Crippen molar-refractivity contribution >= 4 is 12.0 Å². The maximum absolute atomic E-state index is 13.6. The maximum Gasteiger partial charge on any atom is 0.314 e. The number of methoxy groups -OCH3 is 1. The number of pyridine rings is 1. The molecule has 3 aliphatic rings. The highest BCUT2D eigenvalue weighted by atomic mass is 19.1. The summed E-state index contributed by atoms with van der Waals surface area (Å²) in [6.07, 6.45) is 8.31. The molecule has 2 aliphatic carbocycles. The number of fused-ring (bicyclic) bond motifs is 1. The monoisotopic (exact) mass is 465 g/mol. The van der Waals surface area contributed by atoms with Gasteiger partial charge in [0, 0.05) is 17.7 Å². The van der Waals surface area contributed by atoms with E-state index in [1.807, 2.05) is 31.2 Å². The number of carbonyl (C=O) groups is 1. The second-order valence-electron chi connectivity index (χ2n) is 10.6. The summed E-state index contributed by atoms with van der Waals surface area (Å²) in [5.41, 5.74) is 1.11. The smallest absolute Gasteiger partial charge is 0.314 e. The number of rotatable bonds is 4. The number of aromatic nitrogens is 1. The van der Waals surface area contributed by atoms with Crippen molar-refractivity contribution in [2.45, 2.75) is 51.2 Å². The van der Waals surface area contributed by atoms with Crippen molar-refractivity contribution in [1.82, 2.24) is 4.98 Å². The maximum atomic E-state index is 13.6. The fourth-order valence-electron chi connectivity index (χ4n) is 6.83. The van der Waals surface area contributed by atoms with Crippen molar-refractivity contribution in [3.8, 4) is 11.1 Å². The molecule has 1 aromatic carbocycles. The summed E-state index contributed by atoms with van der Waals surface area (Å²) in [7, 11) is 1.40. The average Bonchev–Trinajstić information content (AvgIpc) is 3.61. The number of carbonyl (C=O) groups excluding carboxylic acids is 1. The van der Waals surface area contributed by atoms with Gasteiger partial charge in [0.25, 0.3) is 0 Å². The highest BCUT2D eigenvalue weighted by Crippen LogP contribution is 2.66. The Hall–Kier alpha value is -2.57. The van der Waals surface area contributed by atoms with Gasteiger partial charge in [-0.1, -0.05) is 31.2 Å². The molecule has 2 heterocycles. The lowest BCUT2D eigenvalue weighted by Crippen LogP contribution is -2.61. The third-order valence-electron chi connectivity index (χ3n) is 8.85. The molecule has 5 nitrogen and oxygen atoms in total. The topological polar surface area (TPSA) is 72.0 Å². The first kappa shape index (κ1) is 23.2. The normalized spacial score (nSPS) is 36.9. The first-order chi connectivity index (χ1) is 16.2. The number of benzene rings is 1. The first-order valence-corrected chi connectivity index (χ1v) is 12.0. The Labute approximate surface area is 200 Å². The second kappa shape index (κ2) is 8.28. The van der Waals surface area contributed by atoms with Gasteiger partial charge in [-0.05, 0) is 73.8 Å². The molecule has 6 heteroatoms. The first-order valence-electron chi connectivity index (χ1n) is 12.0. The molecule has 1 aliphatic heterocycles. The van der Waals surface area contributed by atoms with Crippen LogP contribution in [0.4, 0.5) is 4.39 Å². The van der Waals surface area contributed by atoms with Gasteiger partial charge in [-0.15, -0.1) is 0 Å². The standard InChI is InChI=1S/C28H32FNO4/c1-26-13-12-24(31)27(2,25(32)33-3)22(26)11-14-28(17-34-28)23(26)10-9-21-8-7-19(16-30-21)18-5-4-6-20(29)15-18/h4-10,15-16,22-24,31H,11-14,17H2,1-3H3/b10-9+/t22-,23-,24+,26+,27-,28?/m0/s1. The minimum Gasteiger partial charge on any atom is -0.469 e. The zero-order chi connectivity index (χ0) is 24.1. The predicted molar refractivity (Wildman–Crippen MR) is 127 cm³/mol. The molecule has 0 bridgehead atoms. The number of hydrogen-bond donors (Lipinski definition) is 1. The van der Waals surface area contributed by atoms with E-state index in [1.165, 1.54) is 19.2 Å². The van der Waals surface area contributed by atoms with Crippen LogP contribution < -0.4 is 0 Å². The molecule has 2 aromatic rings. The third-order valence-corrected chi connectivity index (χ3v) is 8.85. The van der Waals surface area contributed by atoms with E-state index in [1.54, 1.807) is 12.3 Å². The van der Waals surface area contributed by atoms with Crippen LogP contribution in [0.2, 0.25) is 0 Å². The molecule has 1 aromatic heterocycles. The van der Waals surface area contributed by atoms with E-state index in [2.05, 4.69) is 18.0 Å². The minimum absolute atomic E-state index is 0.0102. The molecule has 1 N–H and O–H groups in total. The molecule has 0 radical (unpaired) electrons. The van der Waals surface area contributed by atoms with Crippen LogP contribution in [0.15, 0.2) is 48.7 Å². The third kappa shape index (κ3) is 3.59. The van der Waals surface area contributed by atoms with E-state index in [-0.39, 0.29) is 34.6 Å². The summed E-state index contributed by atoms with van der Waals surface area (Å²) >= 11 is 0. The summed E-state index contributed by atoms with van der Waals surface area (Å²) in [4.78, 5) is 17.4. The Bertz CT molecular complexity index is 1110. The Morgan fingerprint density at radius 2 is 2.00 bits per heavy atom. The molecule has 2 saturated carbocycles. The van der Waals surface area contributed by atoms with Crippen LogP contribution in [0.25, 0.3) is 17.2 Å². The molecule has 5 rings (SSSR count). The Morgan fingerprint density at radius 1 is 1.21 bits per heavy atom. The molecular formula is C28H32FNO4. The lowest BCUT2D eigenvalue weighted by atomic mass is 9.45. The molecule has 6 atom stereocenters. The van der Waals surface area contributed by atoms with Crippen molar-refractivity contribution in [2.75, 3.05) is 13.7 Å². The van der Waals surface area contributed by atoms with Gasteiger partial charge < -0.3 is 14.6 Å². The van der Waals surface area contributed by atoms with Gasteiger partial charge in [0.1, 0.15) is 5.82 Å². The number of esters is 1. The van der Waals surface area contributed by atoms with Crippen LogP contribution in [0, 0.1) is 28.5 Å². The van der Waals surface area contributed by atoms with Crippen LogP contribution in [0.1, 0.15) is 45.2 Å². The van der Waals surface area contributed by atoms with Crippen LogP contribution in [0.5, 0.6) is 0 Å². The predicted octanol–water partition coefficient (Wildman–Crippen LogP) is 5.04. The van der Waals surface area contributed by atoms with E-state index >= 15 is 0 Å². The SMILES string of the molecule is COC(=O)[C@]1(C)[C@H](O)CC[C@@]2(C)[C@H](/C=C/c3ccc(-c4cccc(F)c4)cn3)C3(CC[C@@H]21)CO3. The minimum atomic E-state index is -0.935. The number of hydrogen-bond acceptors (Lipinski definition) is 5. The van der Waals surface area contributed by atoms with Crippen molar-refractivity contribution < 1.29 is 23.8 Å². The molecule has 0 amide bonds. The number of aliphatic hydroxyl groups excluding tert-OH is 1. The van der Waals surface area contributed by atoms with E-state index in [0.29, 0.717) is 13.0 Å². The Kier molecular flexibility index (Phi) is 5.64. The van der Waals surface area contributed by atoms with Crippen molar-refractivity contribution in [1.29, 1.82) is 0 Å². The summed E-state index contributed by atoms with van der Waals surface area (Å²) in [6.45, 7) is 4.82. The van der Waals surface area contributed by atoms with Crippen molar-refractivity contribution in [3.05, 3.63) is 60.2 Å². The van der Waals surface area contributed by atoms with Gasteiger partial charge in [-0.2, -0.15) is 0 Å². The quantitative estimate of drug-likeness (QED) is 0.506. The van der Waals surface area contributed by atoms with Crippen LogP contribution in [-0.4, -0.2) is 41.5 Å². The largest absolute Gasteiger partial charge is 0.469 e. The van der Waals surface area contributed by atoms with Crippen LogP contribution >= 0.6 is 0 Å². The summed E-state index contributed by atoms with van der Waals surface area (Å²) in [6, 6.07) is 10.4. The molecule has 3 fully saturated rings. The lowest BCUT2D eigenvalue weighted by molar-refractivity contribution is -0.191. The van der Waals surface area contributed by atoms with Gasteiger partial charge in [-0.3, -0.25) is 9.78 Å². The number of ether oxygens (including phenoxy) is 2.